The summed E-state index contributed by atoms with van der Waals surface area (Å²) in [4.78, 5) is 34.3. The smallest absolute Gasteiger partial charge is 0.247 e. The van der Waals surface area contributed by atoms with Crippen LogP contribution >= 0.6 is 35.1 Å². The number of primary amides is 2. The van der Waals surface area contributed by atoms with Gasteiger partial charge in [-0.05, 0) is 54.2 Å². The van der Waals surface area contributed by atoms with Gasteiger partial charge in [-0.3, -0.25) is 19.3 Å². The van der Waals surface area contributed by atoms with Gasteiger partial charge < -0.3 is 22.5 Å². The number of carbonyl (C=O) groups excluding carboxylic acids is 3. The highest BCUT2D eigenvalue weighted by Crippen LogP contribution is 2.36. The lowest BCUT2D eigenvalue weighted by molar-refractivity contribution is -0.118. The maximum Gasteiger partial charge on any atom is 0.247 e. The Hall–Kier alpha value is -2.14. The molecule has 0 aromatic heterocycles. The summed E-state index contributed by atoms with van der Waals surface area (Å²) >= 11 is 9.73. The Kier molecular flexibility index (Phi) is 25.9. The molecule has 1 unspecified atom stereocenters. The molecule has 1 heterocycles. The molecule has 1 aromatic rings. The maximum absolute atomic E-state index is 12.8. The van der Waals surface area contributed by atoms with Crippen molar-refractivity contribution in [2.75, 3.05) is 43.4 Å². The van der Waals surface area contributed by atoms with Crippen molar-refractivity contribution in [3.63, 3.8) is 0 Å². The zero-order valence-electron chi connectivity index (χ0n) is 26.9. The summed E-state index contributed by atoms with van der Waals surface area (Å²) in [6.07, 6.45) is 12.9. The van der Waals surface area contributed by atoms with E-state index in [1.807, 2.05) is 30.0 Å². The first-order valence-corrected chi connectivity index (χ1v) is 18.0. The number of amides is 3. The predicted molar refractivity (Wildman–Crippen MR) is 192 cm³/mol. The predicted octanol–water partition coefficient (Wildman–Crippen LogP) is 6.63. The number of nitrogen functional groups attached to an aromatic ring is 1. The molecule has 1 saturated heterocycles. The Balaban J connectivity index is 0.00000162. The van der Waals surface area contributed by atoms with Crippen molar-refractivity contribution in [2.45, 2.75) is 83.0 Å². The maximum atomic E-state index is 12.8. The molecule has 3 rings (SSSR count). The summed E-state index contributed by atoms with van der Waals surface area (Å²) in [6, 6.07) is 5.55. The quantitative estimate of drug-likeness (QED) is 0.0799. The van der Waals surface area contributed by atoms with Gasteiger partial charge in [0.1, 0.15) is 0 Å². The topological polar surface area (TPSA) is 145 Å². The zero-order valence-corrected chi connectivity index (χ0v) is 29.3. The molecule has 1 aromatic carbocycles. The minimum atomic E-state index is 0.00627. The van der Waals surface area contributed by atoms with Gasteiger partial charge in [0, 0.05) is 58.9 Å². The van der Waals surface area contributed by atoms with Gasteiger partial charge in [-0.25, -0.2) is 0 Å². The molecule has 2 fully saturated rings. The lowest BCUT2D eigenvalue weighted by atomic mass is 9.81. The van der Waals surface area contributed by atoms with Crippen molar-refractivity contribution < 1.29 is 14.4 Å². The van der Waals surface area contributed by atoms with Crippen molar-refractivity contribution in [3.05, 3.63) is 46.9 Å². The third-order valence-electron chi connectivity index (χ3n) is 7.34. The molecule has 3 amide bonds. The number of rotatable bonds is 13. The number of halogens is 1. The molecule has 0 spiro atoms. The Bertz CT molecular complexity index is 963. The fraction of sp³-hybridized carbons (Fsp3) is 0.606. The van der Waals surface area contributed by atoms with Crippen LogP contribution in [0.25, 0.3) is 0 Å². The highest BCUT2D eigenvalue weighted by molar-refractivity contribution is 8.03. The average molecular weight is 670 g/mol. The molecular weight excluding hydrogens is 614 g/mol. The highest BCUT2D eigenvalue weighted by Gasteiger charge is 2.21. The standard InChI is InChI=1S/C27H40ClN3OS2.C4H10.2CH3NO/c1-20(19-31-12-14-33-15-13-31)27(32)30-18-23(16-22-6-4-3-5-7-22)9-8-21(2)34-26-17-24(28)10-11-25(26)29;1-3-4-2;2*2-1-3/h10-11,17,22-23H,1-9,12-16,18-19,29H2,(H,30,32);3-4H2,1-2H3;2*1H,(H2,2,3). The first-order valence-electron chi connectivity index (χ1n) is 15.6. The molecular formula is C33H56ClN5O3S2. The van der Waals surface area contributed by atoms with Gasteiger partial charge in [-0.2, -0.15) is 11.8 Å². The van der Waals surface area contributed by atoms with Gasteiger partial charge in [-0.15, -0.1) is 0 Å². The molecule has 250 valence electrons. The van der Waals surface area contributed by atoms with E-state index in [4.69, 9.17) is 26.9 Å². The minimum Gasteiger partial charge on any atom is -0.398 e. The van der Waals surface area contributed by atoms with E-state index in [-0.39, 0.29) is 18.7 Å². The molecule has 0 bridgehead atoms. The number of benzene rings is 1. The fourth-order valence-electron chi connectivity index (χ4n) is 4.83. The van der Waals surface area contributed by atoms with Crippen molar-refractivity contribution >= 4 is 59.5 Å². The lowest BCUT2D eigenvalue weighted by Crippen LogP contribution is -2.38. The van der Waals surface area contributed by atoms with Crippen molar-refractivity contribution in [2.24, 2.45) is 23.3 Å². The van der Waals surface area contributed by atoms with Gasteiger partial charge >= 0.3 is 0 Å². The Labute approximate surface area is 279 Å². The second-order valence-electron chi connectivity index (χ2n) is 10.9. The molecule has 1 aliphatic heterocycles. The summed E-state index contributed by atoms with van der Waals surface area (Å²) in [5.74, 6) is 3.50. The van der Waals surface area contributed by atoms with Crippen molar-refractivity contribution in [3.8, 4) is 0 Å². The Morgan fingerprint density at radius 3 is 2.27 bits per heavy atom. The fourth-order valence-corrected chi connectivity index (χ4v) is 6.95. The van der Waals surface area contributed by atoms with Crippen LogP contribution in [0.2, 0.25) is 5.02 Å². The number of nitrogens with zero attached hydrogens (tertiary/aromatic N) is 1. The van der Waals surface area contributed by atoms with Crippen LogP contribution in [0.3, 0.4) is 0 Å². The summed E-state index contributed by atoms with van der Waals surface area (Å²) in [5.41, 5.74) is 15.9. The lowest BCUT2D eigenvalue weighted by Gasteiger charge is -2.28. The SMILES string of the molecule is C=C(CCC(CNC(=O)C(=C)CN1CCSCC1)CC1CCCCC1)Sc1cc(Cl)ccc1N.CCCC.NC=O.NC=O. The molecule has 2 aliphatic rings. The number of thioether (sulfide) groups is 2. The van der Waals surface area contributed by atoms with E-state index in [1.54, 1.807) is 11.8 Å². The number of nitrogens with two attached hydrogens (primary N) is 3. The van der Waals surface area contributed by atoms with Crippen LogP contribution in [-0.4, -0.2) is 61.3 Å². The van der Waals surface area contributed by atoms with Gasteiger partial charge in [0.05, 0.1) is 0 Å². The van der Waals surface area contributed by atoms with Gasteiger partial charge in [0.25, 0.3) is 0 Å². The Morgan fingerprint density at radius 2 is 1.70 bits per heavy atom. The number of hydrogen-bond acceptors (Lipinski definition) is 7. The monoisotopic (exact) mass is 669 g/mol. The second kappa shape index (κ2) is 27.2. The summed E-state index contributed by atoms with van der Waals surface area (Å²) in [6.45, 7) is 16.2. The second-order valence-corrected chi connectivity index (χ2v) is 13.8. The first kappa shape index (κ1) is 41.9. The number of carbonyl (C=O) groups is 3. The van der Waals surface area contributed by atoms with Crippen molar-refractivity contribution in [1.29, 1.82) is 0 Å². The van der Waals surface area contributed by atoms with Crippen LogP contribution in [0, 0.1) is 11.8 Å². The van der Waals surface area contributed by atoms with Crippen molar-refractivity contribution in [1.82, 2.24) is 10.2 Å². The summed E-state index contributed by atoms with van der Waals surface area (Å²) in [5, 5.41) is 3.89. The van der Waals surface area contributed by atoms with Gasteiger partial charge in [0.15, 0.2) is 0 Å². The minimum absolute atomic E-state index is 0.00627. The largest absolute Gasteiger partial charge is 0.398 e. The third-order valence-corrected chi connectivity index (χ3v) is 9.59. The molecule has 1 atom stereocenters. The van der Waals surface area contributed by atoms with Gasteiger partial charge in [0.2, 0.25) is 18.7 Å². The molecule has 11 heteroatoms. The van der Waals surface area contributed by atoms with Crippen LogP contribution < -0.4 is 22.5 Å². The first-order chi connectivity index (χ1) is 21.1. The van der Waals surface area contributed by atoms with E-state index >= 15 is 0 Å². The number of hydrogen-bond donors (Lipinski definition) is 4. The average Bonchev–Trinajstić information content (AvgIpc) is 3.02. The third kappa shape index (κ3) is 20.7. The molecule has 8 nitrogen and oxygen atoms in total. The summed E-state index contributed by atoms with van der Waals surface area (Å²) < 4.78 is 0. The zero-order chi connectivity index (χ0) is 33.2. The van der Waals surface area contributed by atoms with Crippen LogP contribution in [0.1, 0.15) is 78.1 Å². The molecule has 0 radical (unpaired) electrons. The number of anilines is 1. The number of nitrogens with one attached hydrogen (secondary N) is 1. The van der Waals surface area contributed by atoms with Crippen LogP contribution in [0.5, 0.6) is 0 Å². The van der Waals surface area contributed by atoms with Crippen LogP contribution in [-0.2, 0) is 14.4 Å². The highest BCUT2D eigenvalue weighted by atomic mass is 35.5. The normalized spacial score (nSPS) is 15.4. The molecule has 44 heavy (non-hydrogen) atoms. The molecule has 7 N–H and O–H groups in total. The van der Waals surface area contributed by atoms with Crippen LogP contribution in [0.15, 0.2) is 46.7 Å². The van der Waals surface area contributed by atoms with E-state index < -0.39 is 0 Å². The van der Waals surface area contributed by atoms with E-state index in [9.17, 15) is 4.79 Å². The number of unbranched alkanes of at least 4 members (excludes halogenated alkanes) is 1. The summed E-state index contributed by atoms with van der Waals surface area (Å²) in [7, 11) is 0. The number of allylic oxidation sites excluding steroid dienone is 1. The Morgan fingerprint density at radius 1 is 1.11 bits per heavy atom. The van der Waals surface area contributed by atoms with E-state index in [1.165, 1.54) is 51.4 Å². The van der Waals surface area contributed by atoms with Crippen LogP contribution in [0.4, 0.5) is 5.69 Å². The van der Waals surface area contributed by atoms with E-state index in [0.29, 0.717) is 29.6 Å². The van der Waals surface area contributed by atoms with E-state index in [2.05, 4.69) is 48.7 Å². The van der Waals surface area contributed by atoms with E-state index in [0.717, 1.165) is 58.8 Å². The van der Waals surface area contributed by atoms with Gasteiger partial charge in [-0.1, -0.05) is 95.3 Å². The molecule has 1 aliphatic carbocycles. The molecule has 1 saturated carbocycles.